The second-order valence-electron chi connectivity index (χ2n) is 8.59. The molecule has 1 amide bonds. The van der Waals surface area contributed by atoms with Crippen LogP contribution < -0.4 is 16.5 Å². The lowest BCUT2D eigenvalue weighted by molar-refractivity contribution is 0.00578. The van der Waals surface area contributed by atoms with Gasteiger partial charge in [0, 0.05) is 11.5 Å². The number of carbonyl (C=O) groups excluding carboxylic acids is 1. The number of nitrogens with zero attached hydrogens (tertiary/aromatic N) is 3. The Hall–Kier alpha value is -1.95. The maximum absolute atomic E-state index is 12.1. The van der Waals surface area contributed by atoms with E-state index in [-0.39, 0.29) is 18.6 Å². The molecule has 0 spiro atoms. The van der Waals surface area contributed by atoms with Crippen LogP contribution in [0.2, 0.25) is 0 Å². The molecule has 4 heterocycles. The predicted molar refractivity (Wildman–Crippen MR) is 115 cm³/mol. The van der Waals surface area contributed by atoms with E-state index in [1.165, 1.54) is 0 Å². The zero-order valence-corrected chi connectivity index (χ0v) is 19.0. The van der Waals surface area contributed by atoms with Crippen molar-refractivity contribution in [3.8, 4) is 0 Å². The van der Waals surface area contributed by atoms with Crippen molar-refractivity contribution in [2.75, 3.05) is 12.3 Å². The first-order valence-electron chi connectivity index (χ1n) is 9.78. The van der Waals surface area contributed by atoms with E-state index in [2.05, 4.69) is 31.3 Å². The number of amides is 1. The molecule has 1 atom stereocenters. The van der Waals surface area contributed by atoms with E-state index in [9.17, 15) is 4.79 Å². The molecule has 0 radical (unpaired) electrons. The third-order valence-corrected chi connectivity index (χ3v) is 6.19. The van der Waals surface area contributed by atoms with Crippen LogP contribution in [0.3, 0.4) is 0 Å². The van der Waals surface area contributed by atoms with E-state index in [0.29, 0.717) is 40.4 Å². The third kappa shape index (κ3) is 3.99. The van der Waals surface area contributed by atoms with Crippen LogP contribution >= 0.6 is 15.9 Å². The fraction of sp³-hybridized carbons (Fsp3) is 0.526. The van der Waals surface area contributed by atoms with Crippen LogP contribution in [-0.4, -0.2) is 51.6 Å². The molecule has 3 N–H and O–H groups in total. The van der Waals surface area contributed by atoms with Gasteiger partial charge >= 0.3 is 7.12 Å². The van der Waals surface area contributed by atoms with Gasteiger partial charge in [-0.1, -0.05) is 6.07 Å². The van der Waals surface area contributed by atoms with Gasteiger partial charge in [-0.2, -0.15) is 5.10 Å². The van der Waals surface area contributed by atoms with E-state index >= 15 is 0 Å². The number of pyridine rings is 1. The highest BCUT2D eigenvalue weighted by Crippen LogP contribution is 2.36. The summed E-state index contributed by atoms with van der Waals surface area (Å²) < 4.78 is 20.2. The number of carbonyl (C=O) groups is 1. The van der Waals surface area contributed by atoms with Crippen molar-refractivity contribution in [1.82, 2.24) is 20.1 Å². The van der Waals surface area contributed by atoms with Crippen LogP contribution in [0.15, 0.2) is 22.8 Å². The average Bonchev–Trinajstić information content (AvgIpc) is 3.11. The van der Waals surface area contributed by atoms with Gasteiger partial charge in [0.25, 0.3) is 5.91 Å². The van der Waals surface area contributed by atoms with Gasteiger partial charge in [-0.05, 0) is 49.7 Å². The lowest BCUT2D eigenvalue weighted by Crippen LogP contribution is -2.46. The molecule has 2 aromatic rings. The predicted octanol–water partition coefficient (Wildman–Crippen LogP) is 1.25. The molecular weight excluding hydrogens is 453 g/mol. The van der Waals surface area contributed by atoms with Crippen LogP contribution in [0, 0.1) is 0 Å². The molecular formula is C19H25BBrN5O4. The molecule has 2 aliphatic rings. The molecule has 11 heteroatoms. The highest BCUT2D eigenvalue weighted by molar-refractivity contribution is 9.10. The maximum atomic E-state index is 12.1. The minimum Gasteiger partial charge on any atom is -0.399 e. The molecule has 1 fully saturated rings. The number of halogens is 1. The lowest BCUT2D eigenvalue weighted by atomic mass is 9.79. The first-order chi connectivity index (χ1) is 14.1. The molecule has 2 aliphatic heterocycles. The van der Waals surface area contributed by atoms with Gasteiger partial charge in [-0.25, -0.2) is 4.98 Å². The summed E-state index contributed by atoms with van der Waals surface area (Å²) in [4.78, 5) is 16.6. The molecule has 1 saturated heterocycles. The topological polar surface area (TPSA) is 114 Å². The molecule has 30 heavy (non-hydrogen) atoms. The number of ether oxygens (including phenoxy) is 1. The number of fused-ring (bicyclic) bond motifs is 1. The monoisotopic (exact) mass is 477 g/mol. The van der Waals surface area contributed by atoms with Gasteiger partial charge in [-0.3, -0.25) is 9.48 Å². The zero-order valence-electron chi connectivity index (χ0n) is 17.4. The van der Waals surface area contributed by atoms with Crippen molar-refractivity contribution >= 4 is 40.2 Å². The molecule has 0 unspecified atom stereocenters. The van der Waals surface area contributed by atoms with Crippen LogP contribution in [0.4, 0.5) is 5.82 Å². The Morgan fingerprint density at radius 3 is 2.70 bits per heavy atom. The van der Waals surface area contributed by atoms with E-state index in [1.807, 2.05) is 39.8 Å². The van der Waals surface area contributed by atoms with Crippen molar-refractivity contribution in [1.29, 1.82) is 0 Å². The summed E-state index contributed by atoms with van der Waals surface area (Å²) in [6, 6.07) is 5.23. The number of rotatable bonds is 5. The highest BCUT2D eigenvalue weighted by Gasteiger charge is 2.52. The van der Waals surface area contributed by atoms with Gasteiger partial charge in [0.1, 0.15) is 16.1 Å². The van der Waals surface area contributed by atoms with Crippen LogP contribution in [0.1, 0.15) is 43.9 Å². The molecule has 160 valence electrons. The standard InChI is InChI=1S/C19H25BBrN5O4/c1-18(2)19(3,4)30-20(29-18)13-6-5-11(23-16(13)22)9-28-10-12-8-26-14(17(27)24-12)7-15(21)25-26/h5-7,12H,8-10H2,1-4H3,(H2,22,23)(H,24,27)/t12-/m0/s1. The quantitative estimate of drug-likeness (QED) is 0.623. The largest absolute Gasteiger partial charge is 0.498 e. The number of aromatic nitrogens is 3. The first kappa shape index (κ1) is 21.3. The normalized spacial score (nSPS) is 22.1. The molecule has 0 aliphatic carbocycles. The van der Waals surface area contributed by atoms with E-state index in [0.717, 1.165) is 0 Å². The minimum atomic E-state index is -0.558. The summed E-state index contributed by atoms with van der Waals surface area (Å²) in [5.74, 6) is 0.189. The second-order valence-corrected chi connectivity index (χ2v) is 9.40. The van der Waals surface area contributed by atoms with Gasteiger partial charge in [0.15, 0.2) is 0 Å². The Kier molecular flexibility index (Phi) is 5.42. The van der Waals surface area contributed by atoms with Gasteiger partial charge in [-0.15, -0.1) is 0 Å². The van der Waals surface area contributed by atoms with Gasteiger partial charge < -0.3 is 25.1 Å². The van der Waals surface area contributed by atoms with Gasteiger partial charge in [0.2, 0.25) is 0 Å². The number of nitrogen functional groups attached to an aromatic ring is 1. The maximum Gasteiger partial charge on any atom is 0.498 e. The van der Waals surface area contributed by atoms with E-state index < -0.39 is 18.3 Å². The SMILES string of the molecule is CC1(C)OB(c2ccc(COC[C@@H]3Cn4nc(Br)cc4C(=O)N3)nc2N)OC1(C)C. The second kappa shape index (κ2) is 7.63. The summed E-state index contributed by atoms with van der Waals surface area (Å²) in [5.41, 5.74) is 7.21. The van der Waals surface area contributed by atoms with E-state index in [4.69, 9.17) is 19.8 Å². The summed E-state index contributed by atoms with van der Waals surface area (Å²) >= 11 is 3.29. The number of nitrogens with one attached hydrogen (secondary N) is 1. The Balaban J connectivity index is 1.34. The molecule has 9 nitrogen and oxygen atoms in total. The van der Waals surface area contributed by atoms with Crippen LogP contribution in [0.5, 0.6) is 0 Å². The number of hydrogen-bond acceptors (Lipinski definition) is 7. The molecule has 0 aromatic carbocycles. The molecule has 4 rings (SSSR count). The number of nitrogens with two attached hydrogens (primary N) is 1. The molecule has 0 saturated carbocycles. The first-order valence-corrected chi connectivity index (χ1v) is 10.6. The lowest BCUT2D eigenvalue weighted by Gasteiger charge is -2.32. The zero-order chi connectivity index (χ0) is 21.7. The fourth-order valence-corrected chi connectivity index (χ4v) is 3.81. The van der Waals surface area contributed by atoms with Crippen molar-refractivity contribution in [3.05, 3.63) is 34.2 Å². The Labute approximate surface area is 183 Å². The average molecular weight is 478 g/mol. The highest BCUT2D eigenvalue weighted by atomic mass is 79.9. The molecule has 2 aromatic heterocycles. The Morgan fingerprint density at radius 1 is 1.33 bits per heavy atom. The van der Waals surface area contributed by atoms with Crippen molar-refractivity contribution in [3.63, 3.8) is 0 Å². The third-order valence-electron chi connectivity index (χ3n) is 5.80. The summed E-state index contributed by atoms with van der Waals surface area (Å²) in [6.07, 6.45) is 0. The van der Waals surface area contributed by atoms with Crippen LogP contribution in [0.25, 0.3) is 0 Å². The number of hydrogen-bond donors (Lipinski definition) is 2. The summed E-state index contributed by atoms with van der Waals surface area (Å²) in [6.45, 7) is 9.13. The summed E-state index contributed by atoms with van der Waals surface area (Å²) in [5, 5.41) is 7.18. The fourth-order valence-electron chi connectivity index (χ4n) is 3.40. The number of anilines is 1. The van der Waals surface area contributed by atoms with Crippen molar-refractivity contribution < 1.29 is 18.8 Å². The molecule has 0 bridgehead atoms. The van der Waals surface area contributed by atoms with Crippen molar-refractivity contribution in [2.45, 2.75) is 58.1 Å². The van der Waals surface area contributed by atoms with Gasteiger partial charge in [0.05, 0.1) is 42.7 Å². The van der Waals surface area contributed by atoms with E-state index in [1.54, 1.807) is 10.7 Å². The minimum absolute atomic E-state index is 0.165. The Morgan fingerprint density at radius 2 is 2.03 bits per heavy atom. The Bertz CT molecular complexity index is 964. The van der Waals surface area contributed by atoms with Crippen molar-refractivity contribution in [2.24, 2.45) is 0 Å². The van der Waals surface area contributed by atoms with Crippen LogP contribution in [-0.2, 0) is 27.2 Å². The summed E-state index contributed by atoms with van der Waals surface area (Å²) in [7, 11) is -0.558. The smallest absolute Gasteiger partial charge is 0.399 e.